The van der Waals surface area contributed by atoms with Crippen LogP contribution in [0.5, 0.6) is 11.5 Å². The zero-order chi connectivity index (χ0) is 13.5. The molecule has 0 aromatic heterocycles. The molecule has 1 fully saturated rings. The maximum atomic E-state index is 9.42. The first kappa shape index (κ1) is 14.2. The summed E-state index contributed by atoms with van der Waals surface area (Å²) in [6.45, 7) is 6.10. The molecule has 1 saturated heterocycles. The third-order valence-electron chi connectivity index (χ3n) is 3.22. The maximum absolute atomic E-state index is 9.42. The van der Waals surface area contributed by atoms with Gasteiger partial charge in [-0.1, -0.05) is 6.92 Å². The van der Waals surface area contributed by atoms with Crippen LogP contribution in [0.4, 0.5) is 0 Å². The van der Waals surface area contributed by atoms with Crippen LogP contribution in [0.2, 0.25) is 0 Å². The lowest BCUT2D eigenvalue weighted by Gasteiger charge is -2.15. The third kappa shape index (κ3) is 4.73. The summed E-state index contributed by atoms with van der Waals surface area (Å²) in [5.74, 6) is 1.75. The summed E-state index contributed by atoms with van der Waals surface area (Å²) < 4.78 is 11.2. The quantitative estimate of drug-likeness (QED) is 0.818. The summed E-state index contributed by atoms with van der Waals surface area (Å²) in [6.07, 6.45) is 1.73. The smallest absolute Gasteiger partial charge is 0.119 e. The van der Waals surface area contributed by atoms with E-state index in [4.69, 9.17) is 9.47 Å². The number of ether oxygens (including phenoxy) is 2. The number of hydrogen-bond acceptors (Lipinski definition) is 4. The summed E-state index contributed by atoms with van der Waals surface area (Å²) in [7, 11) is 0. The van der Waals surface area contributed by atoms with Gasteiger partial charge in [-0.3, -0.25) is 4.90 Å². The van der Waals surface area contributed by atoms with Crippen molar-refractivity contribution in [2.75, 3.05) is 32.8 Å². The van der Waals surface area contributed by atoms with E-state index in [0.717, 1.165) is 50.6 Å². The third-order valence-corrected chi connectivity index (χ3v) is 3.22. The van der Waals surface area contributed by atoms with Crippen molar-refractivity contribution in [2.45, 2.75) is 25.9 Å². The molecule has 0 bridgehead atoms. The molecule has 1 heterocycles. The van der Waals surface area contributed by atoms with E-state index in [2.05, 4.69) is 11.8 Å². The van der Waals surface area contributed by atoms with Crippen LogP contribution in [0.15, 0.2) is 24.3 Å². The Morgan fingerprint density at radius 2 is 1.79 bits per heavy atom. The van der Waals surface area contributed by atoms with E-state index in [1.165, 1.54) is 0 Å². The molecule has 1 aromatic carbocycles. The van der Waals surface area contributed by atoms with Crippen LogP contribution in [0, 0.1) is 0 Å². The SMILES string of the molecule is CCCOc1ccc(OCCN2CCC(O)C2)cc1. The second-order valence-corrected chi connectivity index (χ2v) is 4.91. The first-order chi connectivity index (χ1) is 9.28. The van der Waals surface area contributed by atoms with E-state index in [9.17, 15) is 5.11 Å². The maximum Gasteiger partial charge on any atom is 0.119 e. The van der Waals surface area contributed by atoms with Gasteiger partial charge < -0.3 is 14.6 Å². The number of hydrogen-bond donors (Lipinski definition) is 1. The Balaban J connectivity index is 1.68. The van der Waals surface area contributed by atoms with Gasteiger partial charge in [-0.2, -0.15) is 0 Å². The molecule has 0 aliphatic carbocycles. The normalized spacial score (nSPS) is 19.6. The number of rotatable bonds is 7. The number of nitrogens with zero attached hydrogens (tertiary/aromatic N) is 1. The predicted molar refractivity (Wildman–Crippen MR) is 74.8 cm³/mol. The van der Waals surface area contributed by atoms with Crippen molar-refractivity contribution < 1.29 is 14.6 Å². The molecule has 0 radical (unpaired) electrons. The van der Waals surface area contributed by atoms with Crippen molar-refractivity contribution in [3.63, 3.8) is 0 Å². The molecule has 1 aliphatic heterocycles. The fraction of sp³-hybridized carbons (Fsp3) is 0.600. The molecule has 1 aliphatic rings. The van der Waals surface area contributed by atoms with Crippen LogP contribution in [0.1, 0.15) is 19.8 Å². The Kier molecular flexibility index (Phi) is 5.48. The lowest BCUT2D eigenvalue weighted by Crippen LogP contribution is -2.27. The Bertz CT molecular complexity index is 366. The largest absolute Gasteiger partial charge is 0.494 e. The van der Waals surface area contributed by atoms with E-state index in [-0.39, 0.29) is 6.10 Å². The number of β-amino-alcohol motifs (C(OH)–C–C–N with tert-alkyl or cyclic N) is 1. The Labute approximate surface area is 114 Å². The van der Waals surface area contributed by atoms with E-state index >= 15 is 0 Å². The van der Waals surface area contributed by atoms with E-state index < -0.39 is 0 Å². The van der Waals surface area contributed by atoms with Crippen molar-refractivity contribution in [2.24, 2.45) is 0 Å². The van der Waals surface area contributed by atoms with Crippen LogP contribution in [-0.2, 0) is 0 Å². The minimum Gasteiger partial charge on any atom is -0.494 e. The highest BCUT2D eigenvalue weighted by Gasteiger charge is 2.19. The summed E-state index contributed by atoms with van der Waals surface area (Å²) in [4.78, 5) is 2.23. The minimum atomic E-state index is -0.157. The summed E-state index contributed by atoms with van der Waals surface area (Å²) in [5.41, 5.74) is 0. The second kappa shape index (κ2) is 7.36. The lowest BCUT2D eigenvalue weighted by molar-refractivity contribution is 0.167. The van der Waals surface area contributed by atoms with Gasteiger partial charge >= 0.3 is 0 Å². The predicted octanol–water partition coefficient (Wildman–Crippen LogP) is 1.92. The van der Waals surface area contributed by atoms with Crippen molar-refractivity contribution >= 4 is 0 Å². The second-order valence-electron chi connectivity index (χ2n) is 4.91. The van der Waals surface area contributed by atoms with Crippen molar-refractivity contribution in [3.8, 4) is 11.5 Å². The molecule has 4 nitrogen and oxygen atoms in total. The molecule has 1 unspecified atom stereocenters. The van der Waals surface area contributed by atoms with Gasteiger partial charge in [0.1, 0.15) is 18.1 Å². The van der Waals surface area contributed by atoms with Gasteiger partial charge in [-0.15, -0.1) is 0 Å². The van der Waals surface area contributed by atoms with Crippen molar-refractivity contribution in [1.82, 2.24) is 4.90 Å². The molecule has 1 aromatic rings. The van der Waals surface area contributed by atoms with E-state index in [1.807, 2.05) is 24.3 Å². The zero-order valence-corrected chi connectivity index (χ0v) is 11.5. The van der Waals surface area contributed by atoms with Gasteiger partial charge in [0.25, 0.3) is 0 Å². The van der Waals surface area contributed by atoms with Crippen LogP contribution in [0.25, 0.3) is 0 Å². The average molecular weight is 265 g/mol. The van der Waals surface area contributed by atoms with Crippen LogP contribution in [0.3, 0.4) is 0 Å². The van der Waals surface area contributed by atoms with Crippen molar-refractivity contribution in [1.29, 1.82) is 0 Å². The van der Waals surface area contributed by atoms with Gasteiger partial charge in [0.15, 0.2) is 0 Å². The molecule has 19 heavy (non-hydrogen) atoms. The minimum absolute atomic E-state index is 0.157. The summed E-state index contributed by atoms with van der Waals surface area (Å²) in [5, 5.41) is 9.42. The molecule has 1 N–H and O–H groups in total. The number of likely N-dealkylation sites (tertiary alicyclic amines) is 1. The lowest BCUT2D eigenvalue weighted by atomic mass is 10.3. The standard InChI is InChI=1S/C15H23NO3/c1-2-10-18-14-3-5-15(6-4-14)19-11-9-16-8-7-13(17)12-16/h3-6,13,17H,2,7-12H2,1H3. The Morgan fingerprint density at radius 3 is 2.32 bits per heavy atom. The average Bonchev–Trinajstić information content (AvgIpc) is 2.84. The fourth-order valence-electron chi connectivity index (χ4n) is 2.16. The Morgan fingerprint density at radius 1 is 1.16 bits per heavy atom. The highest BCUT2D eigenvalue weighted by atomic mass is 16.5. The first-order valence-corrected chi connectivity index (χ1v) is 7.04. The van der Waals surface area contributed by atoms with Gasteiger partial charge in [-0.25, -0.2) is 0 Å². The molecule has 0 amide bonds. The molecule has 106 valence electrons. The highest BCUT2D eigenvalue weighted by molar-refractivity contribution is 5.31. The van der Waals surface area contributed by atoms with Crippen LogP contribution in [-0.4, -0.2) is 49.0 Å². The van der Waals surface area contributed by atoms with Crippen molar-refractivity contribution in [3.05, 3.63) is 24.3 Å². The molecule has 4 heteroatoms. The Hall–Kier alpha value is -1.26. The molecule has 2 rings (SSSR count). The highest BCUT2D eigenvalue weighted by Crippen LogP contribution is 2.18. The van der Waals surface area contributed by atoms with Gasteiger partial charge in [-0.05, 0) is 37.1 Å². The monoisotopic (exact) mass is 265 g/mol. The molecule has 0 saturated carbocycles. The zero-order valence-electron chi connectivity index (χ0n) is 11.5. The number of aliphatic hydroxyl groups is 1. The summed E-state index contributed by atoms with van der Waals surface area (Å²) >= 11 is 0. The summed E-state index contributed by atoms with van der Waals surface area (Å²) in [6, 6.07) is 7.74. The van der Waals surface area contributed by atoms with Gasteiger partial charge in [0.2, 0.25) is 0 Å². The van der Waals surface area contributed by atoms with Gasteiger partial charge in [0.05, 0.1) is 12.7 Å². The fourth-order valence-corrected chi connectivity index (χ4v) is 2.16. The van der Waals surface area contributed by atoms with E-state index in [0.29, 0.717) is 6.61 Å². The topological polar surface area (TPSA) is 41.9 Å². The molecule has 0 spiro atoms. The number of benzene rings is 1. The molecular formula is C15H23NO3. The first-order valence-electron chi connectivity index (χ1n) is 7.04. The molecule has 1 atom stereocenters. The van der Waals surface area contributed by atoms with Gasteiger partial charge in [0, 0.05) is 19.6 Å². The van der Waals surface area contributed by atoms with E-state index in [1.54, 1.807) is 0 Å². The molecular weight excluding hydrogens is 242 g/mol. The number of aliphatic hydroxyl groups excluding tert-OH is 1. The van der Waals surface area contributed by atoms with Crippen LogP contribution < -0.4 is 9.47 Å². The van der Waals surface area contributed by atoms with Crippen LogP contribution >= 0.6 is 0 Å².